The monoisotopic (exact) mass is 291 g/mol. The highest BCUT2D eigenvalue weighted by molar-refractivity contribution is 5.93. The van der Waals surface area contributed by atoms with Crippen molar-refractivity contribution in [3.63, 3.8) is 0 Å². The van der Waals surface area contributed by atoms with Gasteiger partial charge in [-0.3, -0.25) is 4.79 Å². The first-order valence-corrected chi connectivity index (χ1v) is 7.69. The molecule has 0 aliphatic carbocycles. The second-order valence-electron chi connectivity index (χ2n) is 5.95. The number of nitrogens with one attached hydrogen (secondary N) is 1. The van der Waals surface area contributed by atoms with Gasteiger partial charge in [-0.25, -0.2) is 0 Å². The van der Waals surface area contributed by atoms with E-state index in [0.29, 0.717) is 0 Å². The van der Waals surface area contributed by atoms with Crippen molar-refractivity contribution < 1.29 is 14.6 Å². The second-order valence-corrected chi connectivity index (χ2v) is 5.95. The van der Waals surface area contributed by atoms with Crippen molar-refractivity contribution in [2.75, 3.05) is 11.9 Å². The zero-order valence-corrected chi connectivity index (χ0v) is 13.0. The molecule has 1 aromatic rings. The molecule has 1 aliphatic rings. The van der Waals surface area contributed by atoms with Gasteiger partial charge in [0.1, 0.15) is 0 Å². The lowest BCUT2D eigenvalue weighted by Crippen LogP contribution is -2.32. The van der Waals surface area contributed by atoms with Crippen LogP contribution in [0.3, 0.4) is 0 Å². The molecule has 4 unspecified atom stereocenters. The molecule has 4 nitrogen and oxygen atoms in total. The van der Waals surface area contributed by atoms with Gasteiger partial charge in [0, 0.05) is 12.3 Å². The fourth-order valence-corrected chi connectivity index (χ4v) is 3.03. The molecule has 0 aromatic heterocycles. The minimum atomic E-state index is -0.110. The van der Waals surface area contributed by atoms with Crippen LogP contribution in [0.2, 0.25) is 0 Å². The number of anilines is 1. The molecule has 0 radical (unpaired) electrons. The van der Waals surface area contributed by atoms with Crippen molar-refractivity contribution in [2.24, 2.45) is 11.8 Å². The lowest BCUT2D eigenvalue weighted by Gasteiger charge is -2.18. The van der Waals surface area contributed by atoms with Gasteiger partial charge in [-0.2, -0.15) is 0 Å². The largest absolute Gasteiger partial charge is 0.396 e. The van der Waals surface area contributed by atoms with Gasteiger partial charge in [-0.15, -0.1) is 0 Å². The maximum Gasteiger partial charge on any atom is 0.230 e. The van der Waals surface area contributed by atoms with E-state index in [-0.39, 0.29) is 36.6 Å². The number of carbonyl (C=O) groups is 1. The molecule has 21 heavy (non-hydrogen) atoms. The maximum atomic E-state index is 12.5. The number of aryl methyl sites for hydroxylation is 1. The van der Waals surface area contributed by atoms with Gasteiger partial charge in [0.25, 0.3) is 0 Å². The van der Waals surface area contributed by atoms with E-state index in [0.717, 1.165) is 24.1 Å². The molecule has 1 aliphatic heterocycles. The maximum absolute atomic E-state index is 12.5. The Morgan fingerprint density at radius 2 is 2.05 bits per heavy atom. The summed E-state index contributed by atoms with van der Waals surface area (Å²) in [6, 6.07) is 7.82. The van der Waals surface area contributed by atoms with E-state index in [9.17, 15) is 4.79 Å². The predicted octanol–water partition coefficient (Wildman–Crippen LogP) is 2.61. The van der Waals surface area contributed by atoms with Crippen LogP contribution >= 0.6 is 0 Å². The SMILES string of the molecule is CC1OC(C)C(C(=O)Nc2cccc(CCCO)c2)C1C. The van der Waals surface area contributed by atoms with Crippen LogP contribution in [0, 0.1) is 11.8 Å². The van der Waals surface area contributed by atoms with Crippen LogP contribution in [0.15, 0.2) is 24.3 Å². The molecule has 2 N–H and O–H groups in total. The topological polar surface area (TPSA) is 58.6 Å². The Labute approximate surface area is 126 Å². The first kappa shape index (κ1) is 16.0. The quantitative estimate of drug-likeness (QED) is 0.876. The summed E-state index contributed by atoms with van der Waals surface area (Å²) < 4.78 is 5.73. The fourth-order valence-electron chi connectivity index (χ4n) is 3.03. The van der Waals surface area contributed by atoms with E-state index >= 15 is 0 Å². The van der Waals surface area contributed by atoms with Gasteiger partial charge in [-0.1, -0.05) is 19.1 Å². The van der Waals surface area contributed by atoms with Crippen molar-refractivity contribution in [1.29, 1.82) is 0 Å². The minimum absolute atomic E-state index is 0.0265. The lowest BCUT2D eigenvalue weighted by atomic mass is 9.89. The first-order valence-electron chi connectivity index (χ1n) is 7.69. The number of hydrogen-bond acceptors (Lipinski definition) is 3. The van der Waals surface area contributed by atoms with Crippen molar-refractivity contribution in [1.82, 2.24) is 0 Å². The molecule has 1 aromatic carbocycles. The molecule has 1 heterocycles. The van der Waals surface area contributed by atoms with Gasteiger partial charge in [0.15, 0.2) is 0 Å². The molecule has 116 valence electrons. The molecule has 4 atom stereocenters. The molecule has 2 rings (SSSR count). The summed E-state index contributed by atoms with van der Waals surface area (Å²) in [7, 11) is 0. The van der Waals surface area contributed by atoms with Crippen molar-refractivity contribution >= 4 is 11.6 Å². The molecular formula is C17H25NO3. The second kappa shape index (κ2) is 7.05. The number of carbonyl (C=O) groups excluding carboxylic acids is 1. The van der Waals surface area contributed by atoms with E-state index in [1.165, 1.54) is 0 Å². The van der Waals surface area contributed by atoms with Crippen LogP contribution in [-0.4, -0.2) is 29.8 Å². The van der Waals surface area contributed by atoms with Crippen LogP contribution in [0.25, 0.3) is 0 Å². The number of amides is 1. The summed E-state index contributed by atoms with van der Waals surface area (Å²) in [6.07, 6.45) is 1.62. The highest BCUT2D eigenvalue weighted by Crippen LogP contribution is 2.33. The Hall–Kier alpha value is -1.39. The van der Waals surface area contributed by atoms with Gasteiger partial charge in [0.05, 0.1) is 18.1 Å². The van der Waals surface area contributed by atoms with E-state index in [4.69, 9.17) is 9.84 Å². The van der Waals surface area contributed by atoms with E-state index in [2.05, 4.69) is 12.2 Å². The Balaban J connectivity index is 2.02. The number of aliphatic hydroxyl groups is 1. The zero-order valence-electron chi connectivity index (χ0n) is 13.0. The molecule has 1 fully saturated rings. The van der Waals surface area contributed by atoms with Crippen LogP contribution in [-0.2, 0) is 16.0 Å². The molecule has 4 heteroatoms. The Kier molecular flexibility index (Phi) is 5.37. The number of rotatable bonds is 5. The molecular weight excluding hydrogens is 266 g/mol. The van der Waals surface area contributed by atoms with Crippen molar-refractivity contribution in [2.45, 2.75) is 45.8 Å². The highest BCUT2D eigenvalue weighted by Gasteiger charge is 2.41. The smallest absolute Gasteiger partial charge is 0.230 e. The summed E-state index contributed by atoms with van der Waals surface area (Å²) in [6.45, 7) is 6.23. The number of hydrogen-bond donors (Lipinski definition) is 2. The fraction of sp³-hybridized carbons (Fsp3) is 0.588. The third-order valence-corrected chi connectivity index (χ3v) is 4.36. The molecule has 1 amide bonds. The highest BCUT2D eigenvalue weighted by atomic mass is 16.5. The van der Waals surface area contributed by atoms with Crippen LogP contribution in [0.4, 0.5) is 5.69 Å². The summed E-state index contributed by atoms with van der Waals surface area (Å²) in [5.41, 5.74) is 1.94. The normalized spacial score (nSPS) is 28.6. The third-order valence-electron chi connectivity index (χ3n) is 4.36. The lowest BCUT2D eigenvalue weighted by molar-refractivity contribution is -0.121. The van der Waals surface area contributed by atoms with Gasteiger partial charge >= 0.3 is 0 Å². The van der Waals surface area contributed by atoms with Crippen LogP contribution in [0.5, 0.6) is 0 Å². The zero-order chi connectivity index (χ0) is 15.4. The molecule has 0 bridgehead atoms. The van der Waals surface area contributed by atoms with Crippen LogP contribution in [0.1, 0.15) is 32.8 Å². The third kappa shape index (κ3) is 3.83. The van der Waals surface area contributed by atoms with Gasteiger partial charge in [-0.05, 0) is 50.3 Å². The van der Waals surface area contributed by atoms with E-state index in [1.54, 1.807) is 0 Å². The Morgan fingerprint density at radius 1 is 1.29 bits per heavy atom. The van der Waals surface area contributed by atoms with E-state index in [1.807, 2.05) is 38.1 Å². The molecule has 0 spiro atoms. The standard InChI is InChI=1S/C17H25NO3/c1-11-12(2)21-13(3)16(11)17(20)18-15-8-4-6-14(10-15)7-5-9-19/h4,6,8,10-13,16,19H,5,7,9H2,1-3H3,(H,18,20). The van der Waals surface area contributed by atoms with Gasteiger partial charge < -0.3 is 15.2 Å². The number of benzene rings is 1. The summed E-state index contributed by atoms with van der Waals surface area (Å²) in [4.78, 5) is 12.5. The first-order chi connectivity index (χ1) is 10.0. The Morgan fingerprint density at radius 3 is 2.67 bits per heavy atom. The average molecular weight is 291 g/mol. The van der Waals surface area contributed by atoms with E-state index < -0.39 is 0 Å². The van der Waals surface area contributed by atoms with Crippen LogP contribution < -0.4 is 5.32 Å². The minimum Gasteiger partial charge on any atom is -0.396 e. The van der Waals surface area contributed by atoms with Crippen molar-refractivity contribution in [3.8, 4) is 0 Å². The summed E-state index contributed by atoms with van der Waals surface area (Å²) >= 11 is 0. The molecule has 0 saturated carbocycles. The van der Waals surface area contributed by atoms with Crippen molar-refractivity contribution in [3.05, 3.63) is 29.8 Å². The Bertz CT molecular complexity index is 489. The predicted molar refractivity (Wildman–Crippen MR) is 83.1 cm³/mol. The number of ether oxygens (including phenoxy) is 1. The van der Waals surface area contributed by atoms with Gasteiger partial charge in [0.2, 0.25) is 5.91 Å². The summed E-state index contributed by atoms with van der Waals surface area (Å²) in [5, 5.41) is 11.9. The molecule has 1 saturated heterocycles. The average Bonchev–Trinajstić information content (AvgIpc) is 2.70. The summed E-state index contributed by atoms with van der Waals surface area (Å²) in [5.74, 6) is 0.136. The number of aliphatic hydroxyl groups excluding tert-OH is 1.